The van der Waals surface area contributed by atoms with Gasteiger partial charge in [-0.2, -0.15) is 15.0 Å². The Hall–Kier alpha value is -7.63. The van der Waals surface area contributed by atoms with Gasteiger partial charge in [0.1, 0.15) is 0 Å². The zero-order chi connectivity index (χ0) is 40.9. The number of aryl methyl sites for hydroxylation is 1. The standard InChI is InChI=1S/C56H43N5/c1-3-39(35-38-18-6-4-7-19-38)43-22-10-11-23-44(43)48-36-49-47-26-14-17-29-52(47)61(53(49)34-37(48)2)56-58-54(42-32-30-41(31-33-42)40-20-8-5-9-21-40)57-55(59-56)60-50-27-15-12-24-45(50)46-25-13-16-28-51(46)60/h4-34,36,39H,3,35H2,1-2H3. The summed E-state index contributed by atoms with van der Waals surface area (Å²) in [6.45, 7) is 4.55. The molecule has 1 unspecified atom stereocenters. The Morgan fingerprint density at radius 2 is 0.918 bits per heavy atom. The molecule has 8 aromatic carbocycles. The lowest BCUT2D eigenvalue weighted by Gasteiger charge is -2.21. The summed E-state index contributed by atoms with van der Waals surface area (Å²) in [7, 11) is 0. The van der Waals surface area contributed by atoms with Gasteiger partial charge in [-0.1, -0.05) is 171 Å². The maximum Gasteiger partial charge on any atom is 0.240 e. The number of hydrogen-bond acceptors (Lipinski definition) is 3. The molecule has 0 aliphatic carbocycles. The molecule has 0 aliphatic heterocycles. The van der Waals surface area contributed by atoms with E-state index in [1.807, 2.05) is 6.07 Å². The van der Waals surface area contributed by atoms with Crippen molar-refractivity contribution in [3.63, 3.8) is 0 Å². The van der Waals surface area contributed by atoms with Gasteiger partial charge in [-0.15, -0.1) is 0 Å². The van der Waals surface area contributed by atoms with Crippen molar-refractivity contribution in [3.8, 4) is 45.5 Å². The average Bonchev–Trinajstić information content (AvgIpc) is 3.83. The van der Waals surface area contributed by atoms with Crippen LogP contribution < -0.4 is 0 Å². The van der Waals surface area contributed by atoms with E-state index in [1.165, 1.54) is 33.4 Å². The molecule has 5 heteroatoms. The lowest BCUT2D eigenvalue weighted by molar-refractivity contribution is 0.662. The summed E-state index contributed by atoms with van der Waals surface area (Å²) in [5, 5.41) is 4.63. The van der Waals surface area contributed by atoms with Crippen molar-refractivity contribution in [3.05, 3.63) is 211 Å². The molecule has 0 radical (unpaired) electrons. The lowest BCUT2D eigenvalue weighted by Crippen LogP contribution is -2.10. The molecule has 0 amide bonds. The van der Waals surface area contributed by atoms with Gasteiger partial charge >= 0.3 is 0 Å². The van der Waals surface area contributed by atoms with E-state index < -0.39 is 0 Å². The van der Waals surface area contributed by atoms with E-state index in [-0.39, 0.29) is 0 Å². The van der Waals surface area contributed by atoms with Crippen LogP contribution in [0, 0.1) is 6.92 Å². The van der Waals surface area contributed by atoms with E-state index >= 15 is 0 Å². The number of nitrogens with zero attached hydrogens (tertiary/aromatic N) is 5. The van der Waals surface area contributed by atoms with Gasteiger partial charge in [0.2, 0.25) is 11.9 Å². The van der Waals surface area contributed by atoms with Crippen LogP contribution in [0.25, 0.3) is 89.2 Å². The monoisotopic (exact) mass is 785 g/mol. The van der Waals surface area contributed by atoms with Crippen LogP contribution in [0.1, 0.15) is 36.0 Å². The first-order valence-corrected chi connectivity index (χ1v) is 21.2. The topological polar surface area (TPSA) is 48.5 Å². The maximum absolute atomic E-state index is 5.41. The molecule has 292 valence electrons. The van der Waals surface area contributed by atoms with Crippen LogP contribution >= 0.6 is 0 Å². The third-order valence-electron chi connectivity index (χ3n) is 12.4. The molecule has 5 nitrogen and oxygen atoms in total. The average molecular weight is 786 g/mol. The predicted molar refractivity (Wildman–Crippen MR) is 253 cm³/mol. The van der Waals surface area contributed by atoms with Gasteiger partial charge in [-0.25, -0.2) is 0 Å². The Morgan fingerprint density at radius 1 is 0.426 bits per heavy atom. The smallest absolute Gasteiger partial charge is 0.240 e. The SMILES string of the molecule is CCC(Cc1ccccc1)c1ccccc1-c1cc2c3ccccc3n(-c3nc(-c4ccc(-c5ccccc5)cc4)nc(-n4c5ccccc5c5ccccc54)n3)c2cc1C. The first kappa shape index (κ1) is 36.4. The van der Waals surface area contributed by atoms with Crippen LogP contribution in [0.2, 0.25) is 0 Å². The second-order valence-electron chi connectivity index (χ2n) is 16.0. The Balaban J connectivity index is 1.13. The van der Waals surface area contributed by atoms with Gasteiger partial charge in [0.05, 0.1) is 22.1 Å². The summed E-state index contributed by atoms with van der Waals surface area (Å²) in [6.07, 6.45) is 2.05. The number of hydrogen-bond donors (Lipinski definition) is 0. The lowest BCUT2D eigenvalue weighted by atomic mass is 9.84. The number of aromatic nitrogens is 5. The highest BCUT2D eigenvalue weighted by atomic mass is 15.3. The molecule has 0 aliphatic rings. The minimum atomic E-state index is 0.389. The summed E-state index contributed by atoms with van der Waals surface area (Å²) < 4.78 is 4.42. The van der Waals surface area contributed by atoms with E-state index in [0.29, 0.717) is 23.6 Å². The van der Waals surface area contributed by atoms with E-state index in [4.69, 9.17) is 15.0 Å². The van der Waals surface area contributed by atoms with Gasteiger partial charge in [-0.3, -0.25) is 9.13 Å². The molecule has 0 spiro atoms. The highest BCUT2D eigenvalue weighted by Crippen LogP contribution is 2.40. The first-order chi connectivity index (χ1) is 30.1. The largest absolute Gasteiger partial charge is 0.278 e. The molecule has 0 saturated heterocycles. The number of fused-ring (bicyclic) bond motifs is 6. The zero-order valence-electron chi connectivity index (χ0n) is 34.2. The van der Waals surface area contributed by atoms with Crippen LogP contribution in [0.15, 0.2) is 194 Å². The van der Waals surface area contributed by atoms with Crippen LogP contribution in [-0.2, 0) is 6.42 Å². The Morgan fingerprint density at radius 3 is 1.54 bits per heavy atom. The number of para-hydroxylation sites is 3. The molecular formula is C56H43N5. The van der Waals surface area contributed by atoms with Crippen molar-refractivity contribution in [2.45, 2.75) is 32.6 Å². The minimum absolute atomic E-state index is 0.389. The minimum Gasteiger partial charge on any atom is -0.278 e. The second kappa shape index (κ2) is 15.2. The van der Waals surface area contributed by atoms with Crippen molar-refractivity contribution in [2.75, 3.05) is 0 Å². The second-order valence-corrected chi connectivity index (χ2v) is 16.0. The van der Waals surface area contributed by atoms with E-state index in [1.54, 1.807) is 0 Å². The Kier molecular flexibility index (Phi) is 9.08. The first-order valence-electron chi connectivity index (χ1n) is 21.2. The third-order valence-corrected chi connectivity index (χ3v) is 12.4. The molecule has 0 bridgehead atoms. The molecule has 0 N–H and O–H groups in total. The van der Waals surface area contributed by atoms with Crippen molar-refractivity contribution < 1.29 is 0 Å². The Bertz CT molecular complexity index is 3330. The molecule has 61 heavy (non-hydrogen) atoms. The molecule has 0 saturated carbocycles. The van der Waals surface area contributed by atoms with E-state index in [9.17, 15) is 0 Å². The fourth-order valence-corrected chi connectivity index (χ4v) is 9.36. The van der Waals surface area contributed by atoms with Gasteiger partial charge in [0.15, 0.2) is 5.82 Å². The summed E-state index contributed by atoms with van der Waals surface area (Å²) in [6, 6.07) is 69.3. The molecule has 3 heterocycles. The number of benzene rings is 8. The van der Waals surface area contributed by atoms with E-state index in [0.717, 1.165) is 67.6 Å². The van der Waals surface area contributed by atoms with Crippen molar-refractivity contribution in [1.82, 2.24) is 24.1 Å². The van der Waals surface area contributed by atoms with E-state index in [2.05, 4.69) is 211 Å². The highest BCUT2D eigenvalue weighted by Gasteiger charge is 2.23. The zero-order valence-corrected chi connectivity index (χ0v) is 34.2. The van der Waals surface area contributed by atoms with Crippen molar-refractivity contribution in [2.24, 2.45) is 0 Å². The third kappa shape index (κ3) is 6.37. The summed E-state index contributed by atoms with van der Waals surface area (Å²) in [4.78, 5) is 16.0. The van der Waals surface area contributed by atoms with Gasteiger partial charge < -0.3 is 0 Å². The van der Waals surface area contributed by atoms with Crippen molar-refractivity contribution >= 4 is 43.6 Å². The van der Waals surface area contributed by atoms with Gasteiger partial charge in [0, 0.05) is 27.1 Å². The summed E-state index contributed by atoms with van der Waals surface area (Å²) in [5.74, 6) is 2.14. The maximum atomic E-state index is 5.41. The fourth-order valence-electron chi connectivity index (χ4n) is 9.36. The van der Waals surface area contributed by atoms with Crippen LogP contribution in [-0.4, -0.2) is 24.1 Å². The molecule has 0 fully saturated rings. The van der Waals surface area contributed by atoms with Crippen LogP contribution in [0.5, 0.6) is 0 Å². The normalized spacial score (nSPS) is 12.2. The quantitative estimate of drug-likeness (QED) is 0.146. The summed E-state index contributed by atoms with van der Waals surface area (Å²) in [5.41, 5.74) is 13.9. The fraction of sp³-hybridized carbons (Fsp3) is 0.0893. The van der Waals surface area contributed by atoms with Crippen LogP contribution in [0.3, 0.4) is 0 Å². The highest BCUT2D eigenvalue weighted by molar-refractivity contribution is 6.11. The molecule has 11 aromatic rings. The molecule has 3 aromatic heterocycles. The predicted octanol–water partition coefficient (Wildman–Crippen LogP) is 14.1. The Labute approximate surface area is 355 Å². The number of rotatable bonds is 9. The molecule has 11 rings (SSSR count). The summed E-state index contributed by atoms with van der Waals surface area (Å²) >= 11 is 0. The van der Waals surface area contributed by atoms with Crippen LogP contribution in [0.4, 0.5) is 0 Å². The van der Waals surface area contributed by atoms with Gasteiger partial charge in [-0.05, 0) is 95.0 Å². The van der Waals surface area contributed by atoms with Gasteiger partial charge in [0.25, 0.3) is 0 Å². The molecule has 1 atom stereocenters. The van der Waals surface area contributed by atoms with Crippen molar-refractivity contribution in [1.29, 1.82) is 0 Å². The molecular weight excluding hydrogens is 743 g/mol.